The summed E-state index contributed by atoms with van der Waals surface area (Å²) in [5.41, 5.74) is 0.501. The second-order valence-electron chi connectivity index (χ2n) is 5.65. The van der Waals surface area contributed by atoms with E-state index in [0.29, 0.717) is 12.0 Å². The molecule has 3 heteroatoms. The molecule has 1 aliphatic rings. The van der Waals surface area contributed by atoms with Crippen LogP contribution in [-0.4, -0.2) is 30.3 Å². The zero-order chi connectivity index (χ0) is 14.2. The molecule has 1 fully saturated rings. The van der Waals surface area contributed by atoms with Gasteiger partial charge in [0.15, 0.2) is 5.78 Å². The fourth-order valence-corrected chi connectivity index (χ4v) is 2.79. The summed E-state index contributed by atoms with van der Waals surface area (Å²) in [6, 6.07) is 5.99. The third kappa shape index (κ3) is 5.04. The van der Waals surface area contributed by atoms with Gasteiger partial charge in [-0.25, -0.2) is 4.39 Å². The van der Waals surface area contributed by atoms with Crippen molar-refractivity contribution < 1.29 is 9.18 Å². The van der Waals surface area contributed by atoms with E-state index in [9.17, 15) is 9.18 Å². The van der Waals surface area contributed by atoms with Crippen LogP contribution in [0, 0.1) is 5.82 Å². The molecule has 0 bridgehead atoms. The summed E-state index contributed by atoms with van der Waals surface area (Å²) in [4.78, 5) is 14.4. The fraction of sp³-hybridized carbons (Fsp3) is 0.588. The van der Waals surface area contributed by atoms with Crippen LogP contribution in [0.3, 0.4) is 0 Å². The van der Waals surface area contributed by atoms with E-state index in [0.717, 1.165) is 25.8 Å². The first-order valence-electron chi connectivity index (χ1n) is 7.77. The Morgan fingerprint density at radius 1 is 1.10 bits per heavy atom. The minimum Gasteiger partial charge on any atom is -0.303 e. The van der Waals surface area contributed by atoms with Crippen LogP contribution in [0.25, 0.3) is 0 Å². The Balaban J connectivity index is 1.59. The number of ketones is 1. The third-order valence-corrected chi connectivity index (χ3v) is 3.97. The number of nitrogens with zero attached hydrogens (tertiary/aromatic N) is 1. The van der Waals surface area contributed by atoms with Gasteiger partial charge in [0.25, 0.3) is 0 Å². The number of halogens is 1. The summed E-state index contributed by atoms with van der Waals surface area (Å²) in [5, 5.41) is 0. The summed E-state index contributed by atoms with van der Waals surface area (Å²) in [6.07, 6.45) is 7.72. The van der Waals surface area contributed by atoms with Crippen molar-refractivity contribution in [2.45, 2.75) is 44.9 Å². The lowest BCUT2D eigenvalue weighted by atomic mass is 10.0. The van der Waals surface area contributed by atoms with Gasteiger partial charge in [-0.15, -0.1) is 0 Å². The third-order valence-electron chi connectivity index (χ3n) is 3.97. The molecule has 1 saturated heterocycles. The van der Waals surface area contributed by atoms with Crippen molar-refractivity contribution in [1.29, 1.82) is 0 Å². The zero-order valence-corrected chi connectivity index (χ0v) is 12.1. The van der Waals surface area contributed by atoms with Crippen LogP contribution in [0.5, 0.6) is 0 Å². The standard InChI is InChI=1S/C17H24FNO/c18-16-9-7-8-15(14-16)17(20)10-3-1-4-11-19-12-5-2-6-13-19/h7-9,14H,1-6,10-13H2. The Kier molecular flexibility index (Phi) is 6.19. The fourth-order valence-electron chi connectivity index (χ4n) is 2.79. The first-order chi connectivity index (χ1) is 9.75. The highest BCUT2D eigenvalue weighted by Crippen LogP contribution is 2.12. The van der Waals surface area contributed by atoms with E-state index in [1.54, 1.807) is 12.1 Å². The number of carbonyl (C=O) groups is 1. The van der Waals surface area contributed by atoms with Crippen molar-refractivity contribution in [2.75, 3.05) is 19.6 Å². The summed E-state index contributed by atoms with van der Waals surface area (Å²) in [7, 11) is 0. The van der Waals surface area contributed by atoms with Gasteiger partial charge in [0.2, 0.25) is 0 Å². The smallest absolute Gasteiger partial charge is 0.162 e. The van der Waals surface area contributed by atoms with E-state index >= 15 is 0 Å². The Morgan fingerprint density at radius 3 is 2.65 bits per heavy atom. The average molecular weight is 277 g/mol. The molecule has 110 valence electrons. The quantitative estimate of drug-likeness (QED) is 0.553. The lowest BCUT2D eigenvalue weighted by molar-refractivity contribution is 0.0978. The van der Waals surface area contributed by atoms with Gasteiger partial charge < -0.3 is 4.90 Å². The highest BCUT2D eigenvalue weighted by Gasteiger charge is 2.10. The number of rotatable bonds is 7. The predicted octanol–water partition coefficient (Wildman–Crippen LogP) is 4.05. The van der Waals surface area contributed by atoms with Crippen LogP contribution < -0.4 is 0 Å². The largest absolute Gasteiger partial charge is 0.303 e. The molecule has 1 aromatic rings. The lowest BCUT2D eigenvalue weighted by Gasteiger charge is -2.26. The van der Waals surface area contributed by atoms with Crippen LogP contribution in [0.1, 0.15) is 55.3 Å². The van der Waals surface area contributed by atoms with Crippen molar-refractivity contribution in [2.24, 2.45) is 0 Å². The molecule has 20 heavy (non-hydrogen) atoms. The zero-order valence-electron chi connectivity index (χ0n) is 12.1. The number of hydrogen-bond acceptors (Lipinski definition) is 2. The van der Waals surface area contributed by atoms with Crippen molar-refractivity contribution in [3.63, 3.8) is 0 Å². The molecule has 0 radical (unpaired) electrons. The maximum absolute atomic E-state index is 13.0. The Bertz CT molecular complexity index is 427. The second-order valence-corrected chi connectivity index (χ2v) is 5.65. The van der Waals surface area contributed by atoms with Crippen LogP contribution in [0.4, 0.5) is 4.39 Å². The first-order valence-corrected chi connectivity index (χ1v) is 7.77. The highest BCUT2D eigenvalue weighted by atomic mass is 19.1. The molecule has 2 nitrogen and oxygen atoms in total. The van der Waals surface area contributed by atoms with Crippen molar-refractivity contribution in [3.8, 4) is 0 Å². The van der Waals surface area contributed by atoms with Gasteiger partial charge in [0.1, 0.15) is 5.82 Å². The van der Waals surface area contributed by atoms with E-state index in [2.05, 4.69) is 4.90 Å². The normalized spacial score (nSPS) is 16.2. The number of likely N-dealkylation sites (tertiary alicyclic amines) is 1. The molecular weight excluding hydrogens is 253 g/mol. The van der Waals surface area contributed by atoms with E-state index in [-0.39, 0.29) is 11.6 Å². The molecule has 0 amide bonds. The molecule has 0 unspecified atom stereocenters. The predicted molar refractivity (Wildman–Crippen MR) is 79.5 cm³/mol. The second kappa shape index (κ2) is 8.15. The minimum absolute atomic E-state index is 0.0578. The van der Waals surface area contributed by atoms with Crippen LogP contribution >= 0.6 is 0 Å². The van der Waals surface area contributed by atoms with Crippen LogP contribution in [0.15, 0.2) is 24.3 Å². The minimum atomic E-state index is -0.332. The highest BCUT2D eigenvalue weighted by molar-refractivity contribution is 5.95. The van der Waals surface area contributed by atoms with Crippen LogP contribution in [0.2, 0.25) is 0 Å². The Labute approximate surface area is 121 Å². The number of carbonyl (C=O) groups excluding carboxylic acids is 1. The molecule has 1 aliphatic heterocycles. The monoisotopic (exact) mass is 277 g/mol. The van der Waals surface area contributed by atoms with Gasteiger partial charge in [-0.3, -0.25) is 4.79 Å². The molecule has 0 aliphatic carbocycles. The summed E-state index contributed by atoms with van der Waals surface area (Å²) < 4.78 is 13.0. The first kappa shape index (κ1) is 15.2. The number of Topliss-reactive ketones (excluding diaryl/α,β-unsaturated/α-hetero) is 1. The van der Waals surface area contributed by atoms with E-state index < -0.39 is 0 Å². The molecule has 0 atom stereocenters. The molecule has 0 aromatic heterocycles. The summed E-state index contributed by atoms with van der Waals surface area (Å²) >= 11 is 0. The maximum Gasteiger partial charge on any atom is 0.162 e. The Hall–Kier alpha value is -1.22. The van der Waals surface area contributed by atoms with Gasteiger partial charge in [0, 0.05) is 12.0 Å². The van der Waals surface area contributed by atoms with Gasteiger partial charge >= 0.3 is 0 Å². The van der Waals surface area contributed by atoms with Crippen molar-refractivity contribution in [1.82, 2.24) is 4.90 Å². The SMILES string of the molecule is O=C(CCCCCN1CCCCC1)c1cccc(F)c1. The van der Waals surface area contributed by atoms with Crippen molar-refractivity contribution in [3.05, 3.63) is 35.6 Å². The van der Waals surface area contributed by atoms with E-state index in [1.165, 1.54) is 44.5 Å². The van der Waals surface area contributed by atoms with Gasteiger partial charge in [-0.1, -0.05) is 25.0 Å². The Morgan fingerprint density at radius 2 is 1.90 bits per heavy atom. The van der Waals surface area contributed by atoms with E-state index in [1.807, 2.05) is 0 Å². The molecular formula is C17H24FNO. The van der Waals surface area contributed by atoms with Gasteiger partial charge in [-0.2, -0.15) is 0 Å². The molecule has 0 N–H and O–H groups in total. The summed E-state index contributed by atoms with van der Waals surface area (Å²) in [5.74, 6) is -0.275. The number of benzene rings is 1. The van der Waals surface area contributed by atoms with Gasteiger partial charge in [-0.05, 0) is 57.5 Å². The molecule has 2 rings (SSSR count). The van der Waals surface area contributed by atoms with Crippen LogP contribution in [-0.2, 0) is 0 Å². The topological polar surface area (TPSA) is 20.3 Å². The molecule has 0 saturated carbocycles. The molecule has 0 spiro atoms. The maximum atomic E-state index is 13.0. The number of piperidine rings is 1. The average Bonchev–Trinajstić information content (AvgIpc) is 2.48. The number of unbranched alkanes of at least 4 members (excludes halogenated alkanes) is 2. The van der Waals surface area contributed by atoms with E-state index in [4.69, 9.17) is 0 Å². The molecule has 1 heterocycles. The summed E-state index contributed by atoms with van der Waals surface area (Å²) in [6.45, 7) is 3.64. The number of hydrogen-bond donors (Lipinski definition) is 0. The molecule has 1 aromatic carbocycles. The van der Waals surface area contributed by atoms with Gasteiger partial charge in [0.05, 0.1) is 0 Å². The lowest BCUT2D eigenvalue weighted by Crippen LogP contribution is -2.30. The van der Waals surface area contributed by atoms with Crippen molar-refractivity contribution >= 4 is 5.78 Å².